The molecule has 0 atom stereocenters. The SMILES string of the molecule is C[As](C)S[n+]1ccccc1. The average molecular weight is 216 g/mol. The molecule has 0 fully saturated rings. The second kappa shape index (κ2) is 4.05. The van der Waals surface area contributed by atoms with E-state index in [0.717, 1.165) is 0 Å². The van der Waals surface area contributed by atoms with Gasteiger partial charge < -0.3 is 0 Å². The molecule has 3 heteroatoms. The summed E-state index contributed by atoms with van der Waals surface area (Å²) in [6.07, 6.45) is 4.19. The minimum absolute atomic E-state index is 0.576. The first-order valence-electron chi connectivity index (χ1n) is 3.11. The van der Waals surface area contributed by atoms with E-state index in [2.05, 4.69) is 39.9 Å². The second-order valence-corrected chi connectivity index (χ2v) is 10.9. The number of aromatic nitrogens is 1. The molecule has 0 saturated carbocycles. The third-order valence-electron chi connectivity index (χ3n) is 0.946. The summed E-state index contributed by atoms with van der Waals surface area (Å²) in [5.74, 6) is 0. The van der Waals surface area contributed by atoms with Gasteiger partial charge in [-0.15, -0.1) is 0 Å². The molecule has 0 amide bonds. The van der Waals surface area contributed by atoms with Gasteiger partial charge in [-0.2, -0.15) is 0 Å². The first kappa shape index (κ1) is 8.16. The average Bonchev–Trinajstić information content (AvgIpc) is 1.88. The molecule has 1 aromatic rings. The molecule has 1 aromatic heterocycles. The van der Waals surface area contributed by atoms with Crippen molar-refractivity contribution in [3.05, 3.63) is 30.6 Å². The van der Waals surface area contributed by atoms with Crippen LogP contribution in [0.5, 0.6) is 0 Å². The Balaban J connectivity index is 2.59. The van der Waals surface area contributed by atoms with E-state index in [-0.39, 0.29) is 0 Å². The van der Waals surface area contributed by atoms with Crippen molar-refractivity contribution in [1.29, 1.82) is 0 Å². The molecule has 0 aliphatic heterocycles. The van der Waals surface area contributed by atoms with Crippen LogP contribution in [0.25, 0.3) is 0 Å². The van der Waals surface area contributed by atoms with E-state index in [4.69, 9.17) is 0 Å². The van der Waals surface area contributed by atoms with E-state index in [0.29, 0.717) is 0 Å². The van der Waals surface area contributed by atoms with E-state index in [1.165, 1.54) is 0 Å². The molecule has 0 saturated heterocycles. The Hall–Kier alpha value is 0.0584. The van der Waals surface area contributed by atoms with Gasteiger partial charge in [-0.25, -0.2) is 0 Å². The van der Waals surface area contributed by atoms with E-state index in [9.17, 15) is 0 Å². The first-order chi connectivity index (χ1) is 4.79. The number of rotatable bonds is 2. The molecule has 0 aromatic carbocycles. The Morgan fingerprint density at radius 2 is 1.70 bits per heavy atom. The molecule has 0 N–H and O–H groups in total. The zero-order valence-electron chi connectivity index (χ0n) is 6.19. The van der Waals surface area contributed by atoms with Crippen LogP contribution in [0.2, 0.25) is 11.4 Å². The van der Waals surface area contributed by atoms with Crippen LogP contribution in [0.3, 0.4) is 0 Å². The molecule has 0 spiro atoms. The molecular weight excluding hydrogens is 205 g/mol. The van der Waals surface area contributed by atoms with Crippen molar-refractivity contribution in [2.75, 3.05) is 0 Å². The molecular formula is C7H11AsNS+. The Kier molecular flexibility index (Phi) is 3.30. The van der Waals surface area contributed by atoms with Gasteiger partial charge in [0.05, 0.1) is 0 Å². The van der Waals surface area contributed by atoms with E-state index in [1.54, 1.807) is 0 Å². The summed E-state index contributed by atoms with van der Waals surface area (Å²) in [4.78, 5) is 0. The summed E-state index contributed by atoms with van der Waals surface area (Å²) >= 11 is -0.576. The topological polar surface area (TPSA) is 3.88 Å². The van der Waals surface area contributed by atoms with Gasteiger partial charge in [0, 0.05) is 0 Å². The molecule has 0 bridgehead atoms. The number of pyridine rings is 1. The Labute approximate surface area is 69.8 Å². The molecule has 0 radical (unpaired) electrons. The fourth-order valence-corrected chi connectivity index (χ4v) is 4.31. The van der Waals surface area contributed by atoms with Gasteiger partial charge >= 0.3 is 69.7 Å². The summed E-state index contributed by atoms with van der Waals surface area (Å²) in [6.45, 7) is 0. The summed E-state index contributed by atoms with van der Waals surface area (Å²) in [7, 11) is 1.96. The van der Waals surface area contributed by atoms with Gasteiger partial charge in [-0.1, -0.05) is 0 Å². The van der Waals surface area contributed by atoms with E-state index in [1.807, 2.05) is 16.3 Å². The second-order valence-electron chi connectivity index (χ2n) is 2.13. The van der Waals surface area contributed by atoms with Crippen LogP contribution in [-0.4, -0.2) is 13.5 Å². The fraction of sp³-hybridized carbons (Fsp3) is 0.286. The van der Waals surface area contributed by atoms with Gasteiger partial charge in [0.15, 0.2) is 0 Å². The summed E-state index contributed by atoms with van der Waals surface area (Å²) < 4.78 is 2.18. The summed E-state index contributed by atoms with van der Waals surface area (Å²) in [5.41, 5.74) is 4.66. The van der Waals surface area contributed by atoms with Crippen molar-refractivity contribution in [1.82, 2.24) is 0 Å². The summed E-state index contributed by atoms with van der Waals surface area (Å²) in [6, 6.07) is 6.16. The molecule has 10 heavy (non-hydrogen) atoms. The van der Waals surface area contributed by atoms with Gasteiger partial charge in [-0.05, 0) is 0 Å². The van der Waals surface area contributed by atoms with Crippen molar-refractivity contribution in [3.8, 4) is 0 Å². The fourth-order valence-electron chi connectivity index (χ4n) is 0.626. The molecule has 0 aliphatic rings. The normalized spacial score (nSPS) is 10.3. The number of hydrogen-bond acceptors (Lipinski definition) is 1. The monoisotopic (exact) mass is 216 g/mol. The van der Waals surface area contributed by atoms with Crippen molar-refractivity contribution in [2.24, 2.45) is 0 Å². The van der Waals surface area contributed by atoms with E-state index >= 15 is 0 Å². The number of nitrogens with zero attached hydrogens (tertiary/aromatic N) is 1. The zero-order valence-corrected chi connectivity index (χ0v) is 8.88. The zero-order chi connectivity index (χ0) is 7.40. The Bertz CT molecular complexity index is 188. The van der Waals surface area contributed by atoms with Crippen molar-refractivity contribution in [3.63, 3.8) is 0 Å². The molecule has 0 aliphatic carbocycles. The maximum absolute atomic E-state index is 2.33. The minimum atomic E-state index is -0.576. The van der Waals surface area contributed by atoms with Gasteiger partial charge in [0.25, 0.3) is 0 Å². The summed E-state index contributed by atoms with van der Waals surface area (Å²) in [5, 5.41) is 0. The van der Waals surface area contributed by atoms with Gasteiger partial charge in [0.2, 0.25) is 0 Å². The van der Waals surface area contributed by atoms with Crippen molar-refractivity contribution >= 4 is 23.7 Å². The maximum atomic E-state index is 2.33. The first-order valence-corrected chi connectivity index (χ1v) is 9.89. The third-order valence-corrected chi connectivity index (χ3v) is 4.95. The van der Waals surface area contributed by atoms with Crippen LogP contribution >= 0.6 is 10.2 Å². The molecule has 54 valence electrons. The third kappa shape index (κ3) is 2.76. The Morgan fingerprint density at radius 1 is 1.10 bits per heavy atom. The van der Waals surface area contributed by atoms with Crippen LogP contribution in [0.4, 0.5) is 0 Å². The molecule has 1 heterocycles. The predicted molar refractivity (Wildman–Crippen MR) is 47.1 cm³/mol. The molecule has 0 unspecified atom stereocenters. The van der Waals surface area contributed by atoms with Crippen LogP contribution in [-0.2, 0) is 0 Å². The van der Waals surface area contributed by atoms with Crippen LogP contribution in [0.15, 0.2) is 30.6 Å². The standard InChI is InChI=1S/C7H11AsNS/c1-8(2)10-9-6-4-3-5-7-9/h3-7H,1-2H3/q+1. The van der Waals surface area contributed by atoms with Crippen molar-refractivity contribution in [2.45, 2.75) is 11.4 Å². The number of hydrogen-bond donors (Lipinski definition) is 0. The predicted octanol–water partition coefficient (Wildman–Crippen LogP) is 1.72. The quantitative estimate of drug-likeness (QED) is 0.537. The van der Waals surface area contributed by atoms with E-state index < -0.39 is 13.5 Å². The van der Waals surface area contributed by atoms with Crippen LogP contribution in [0, 0.1) is 0 Å². The van der Waals surface area contributed by atoms with Gasteiger partial charge in [-0.3, -0.25) is 0 Å². The molecule has 1 rings (SSSR count). The van der Waals surface area contributed by atoms with Crippen LogP contribution < -0.4 is 3.97 Å². The van der Waals surface area contributed by atoms with Crippen molar-refractivity contribution < 1.29 is 3.97 Å². The van der Waals surface area contributed by atoms with Crippen LogP contribution in [0.1, 0.15) is 0 Å². The Morgan fingerprint density at radius 3 is 2.20 bits per heavy atom. The molecule has 1 nitrogen and oxygen atoms in total. The van der Waals surface area contributed by atoms with Gasteiger partial charge in [0.1, 0.15) is 0 Å².